The van der Waals surface area contributed by atoms with E-state index in [4.69, 9.17) is 102 Å². The molecule has 0 saturated heterocycles. The topological polar surface area (TPSA) is 81.7 Å². The second kappa shape index (κ2) is 31.8. The van der Waals surface area contributed by atoms with Crippen molar-refractivity contribution in [2.75, 3.05) is 26.9 Å². The van der Waals surface area contributed by atoms with Gasteiger partial charge in [-0.3, -0.25) is 0 Å². The Balaban J connectivity index is 0.000000169. The van der Waals surface area contributed by atoms with Crippen LogP contribution in [0.4, 0.5) is 13.2 Å². The minimum Gasteiger partial charge on any atom is -0.493 e. The molecule has 3 aliphatic heterocycles. The minimum absolute atomic E-state index is 0.0824. The van der Waals surface area contributed by atoms with Gasteiger partial charge < -0.3 is 37.3 Å². The van der Waals surface area contributed by atoms with Crippen LogP contribution in [0, 0.1) is 6.92 Å². The van der Waals surface area contributed by atoms with Crippen LogP contribution in [0.25, 0.3) is 21.9 Å². The Bertz CT molecular complexity index is 3550. The molecule has 5 heterocycles. The Hall–Kier alpha value is -5.11. The van der Waals surface area contributed by atoms with Gasteiger partial charge in [0.25, 0.3) is 0 Å². The Labute approximate surface area is 548 Å². The molecule has 88 heavy (non-hydrogen) atoms. The fourth-order valence-corrected chi connectivity index (χ4v) is 11.7. The van der Waals surface area contributed by atoms with E-state index in [2.05, 4.69) is 87.8 Å². The second-order valence-electron chi connectivity index (χ2n) is 24.5. The normalized spacial score (nSPS) is 13.7. The second-order valence-corrected chi connectivity index (χ2v) is 27.1. The number of methoxy groups -OCH3 is 1. The molecule has 0 spiro atoms. The van der Waals surface area contributed by atoms with Gasteiger partial charge in [-0.2, -0.15) is 0 Å². The van der Waals surface area contributed by atoms with Gasteiger partial charge in [0.2, 0.25) is 0 Å². The van der Waals surface area contributed by atoms with Gasteiger partial charge in [-0.1, -0.05) is 153 Å². The highest BCUT2D eigenvalue weighted by Crippen LogP contribution is 2.44. The molecule has 0 atom stereocenters. The van der Waals surface area contributed by atoms with E-state index in [-0.39, 0.29) is 17.3 Å². The number of rotatable bonds is 9. The number of benzene rings is 6. The lowest BCUT2D eigenvalue weighted by Crippen LogP contribution is -2.24. The molecule has 6 aromatic carbocycles. The summed E-state index contributed by atoms with van der Waals surface area (Å²) in [5.41, 5.74) is 10.7. The molecule has 0 aliphatic carbocycles. The molecule has 17 heteroatoms. The number of hydrogen-bond donors (Lipinski definition) is 0. The van der Waals surface area contributed by atoms with E-state index in [1.807, 2.05) is 79.7 Å². The maximum Gasteiger partial charge on any atom is 0.573 e. The quantitative estimate of drug-likeness (QED) is 0.141. The Kier molecular flexibility index (Phi) is 26.0. The van der Waals surface area contributed by atoms with Crippen LogP contribution >= 0.6 is 69.6 Å². The van der Waals surface area contributed by atoms with Crippen LogP contribution in [-0.4, -0.2) is 38.9 Å². The number of alkyl halides is 3. The third kappa shape index (κ3) is 20.2. The molecular formula is C71H83Cl6F3O8. The maximum atomic E-state index is 12.0. The Morgan fingerprint density at radius 1 is 0.489 bits per heavy atom. The van der Waals surface area contributed by atoms with Crippen molar-refractivity contribution in [1.29, 1.82) is 0 Å². The monoisotopic (exact) mass is 1330 g/mol. The number of ether oxygens (including phenoxy) is 6. The molecular weight excluding hydrogens is 1250 g/mol. The van der Waals surface area contributed by atoms with Gasteiger partial charge in [0.1, 0.15) is 65.4 Å². The summed E-state index contributed by atoms with van der Waals surface area (Å²) in [7, 11) is 1.66. The summed E-state index contributed by atoms with van der Waals surface area (Å²) in [5, 5.41) is 6.42. The molecule has 478 valence electrons. The van der Waals surface area contributed by atoms with E-state index in [1.165, 1.54) is 46.0 Å². The van der Waals surface area contributed by atoms with Gasteiger partial charge in [0.15, 0.2) is 11.5 Å². The van der Waals surface area contributed by atoms with Crippen LogP contribution in [0.2, 0.25) is 30.1 Å². The molecule has 0 bridgehead atoms. The van der Waals surface area contributed by atoms with Crippen LogP contribution < -0.4 is 23.7 Å². The number of fused-ring (bicyclic) bond motifs is 5. The molecule has 11 rings (SSSR count). The van der Waals surface area contributed by atoms with E-state index in [0.717, 1.165) is 114 Å². The highest BCUT2D eigenvalue weighted by molar-refractivity contribution is 6.32. The summed E-state index contributed by atoms with van der Waals surface area (Å²) < 4.78 is 79.2. The first-order chi connectivity index (χ1) is 41.2. The average molecular weight is 1330 g/mol. The van der Waals surface area contributed by atoms with Crippen LogP contribution in [0.1, 0.15) is 195 Å². The van der Waals surface area contributed by atoms with Crippen molar-refractivity contribution in [3.63, 3.8) is 0 Å². The number of halogens is 9. The fraction of sp³-hybridized carbons (Fsp3) is 0.437. The molecule has 0 fully saturated rings. The summed E-state index contributed by atoms with van der Waals surface area (Å²) in [6.07, 6.45) is -1.53. The summed E-state index contributed by atoms with van der Waals surface area (Å²) >= 11 is 36.0. The van der Waals surface area contributed by atoms with E-state index in [1.54, 1.807) is 21.0 Å². The third-order valence-electron chi connectivity index (χ3n) is 14.4. The van der Waals surface area contributed by atoms with Crippen molar-refractivity contribution >= 4 is 91.5 Å². The lowest BCUT2D eigenvalue weighted by Gasteiger charge is -2.22. The van der Waals surface area contributed by atoms with Crippen LogP contribution in [0.3, 0.4) is 0 Å². The van der Waals surface area contributed by atoms with E-state index < -0.39 is 6.36 Å². The first-order valence-electron chi connectivity index (χ1n) is 29.7. The van der Waals surface area contributed by atoms with Gasteiger partial charge in [0.05, 0.1) is 6.61 Å². The lowest BCUT2D eigenvalue weighted by molar-refractivity contribution is -0.275. The summed E-state index contributed by atoms with van der Waals surface area (Å²) in [4.78, 5) is 0. The molecule has 2 aromatic heterocycles. The third-order valence-corrected chi connectivity index (χ3v) is 15.7. The lowest BCUT2D eigenvalue weighted by atomic mass is 9.96. The van der Waals surface area contributed by atoms with Gasteiger partial charge >= 0.3 is 6.36 Å². The van der Waals surface area contributed by atoms with Crippen molar-refractivity contribution in [1.82, 2.24) is 0 Å². The molecule has 8 nitrogen and oxygen atoms in total. The SMILES string of the molecule is CC(C)c1cc(Cl)cc2c1OC(C)(C)C2.CC(C)c1cc(Cl)cc2c1OCCC2.CC(C)c1cc(Cl)cc2c1OCCO2.CC(C)c1cc(Cl)ccc1OC(F)(F)F.COCc1cc2cc(Cl)cc(C(C)C)c2o1.Cc1cc2cc(Cl)cc(C(C)C)c2o1. The van der Waals surface area contributed by atoms with Crippen LogP contribution in [0.5, 0.6) is 28.7 Å². The van der Waals surface area contributed by atoms with Gasteiger partial charge in [-0.15, -0.1) is 13.2 Å². The summed E-state index contributed by atoms with van der Waals surface area (Å²) in [6.45, 7) is 33.7. The zero-order valence-corrected chi connectivity index (χ0v) is 57.8. The zero-order valence-electron chi connectivity index (χ0n) is 53.2. The molecule has 3 aliphatic rings. The van der Waals surface area contributed by atoms with E-state index in [0.29, 0.717) is 65.0 Å². The van der Waals surface area contributed by atoms with Crippen molar-refractivity contribution in [3.05, 3.63) is 177 Å². The van der Waals surface area contributed by atoms with Crippen molar-refractivity contribution in [3.8, 4) is 28.7 Å². The van der Waals surface area contributed by atoms with Crippen LogP contribution in [-0.2, 0) is 24.2 Å². The molecule has 0 N–H and O–H groups in total. The Morgan fingerprint density at radius 2 is 0.943 bits per heavy atom. The van der Waals surface area contributed by atoms with Gasteiger partial charge in [-0.25, -0.2) is 0 Å². The standard InChI is InChI=1S/C13H15ClO2.C13H17ClO.C12H13ClO.C12H15ClO.C11H13ClO2.C10H10ClF3O/c1-8(2)12-6-10(14)4-9-5-11(7-15-3)16-13(9)12;1-8(2)11-6-10(14)5-9-7-13(3,4)15-12(9)11;1-7(2)11-6-10(13)5-9-4-8(3)14-12(9)11;1-8(2)11-7-10(13)6-9-4-3-5-14-12(9)11;1-7(2)9-5-8(12)6-10-11(9)14-4-3-13-10;1-6(2)8-5-7(11)3-4-9(8)15-10(12,13)14/h4-6,8H,7H2,1-3H3;5-6,8H,7H2,1-4H3;4-7H,1-3H3;6-8H,3-5H2,1-2H3;5-7H,3-4H2,1-2H3;3-6H,1-2H3. The van der Waals surface area contributed by atoms with Gasteiger partial charge in [0, 0.05) is 66.1 Å². The average Bonchev–Trinajstić information content (AvgIpc) is 2.54. The minimum atomic E-state index is -4.67. The first kappa shape index (κ1) is 72.0. The maximum absolute atomic E-state index is 12.0. The zero-order chi connectivity index (χ0) is 65.1. The highest BCUT2D eigenvalue weighted by Gasteiger charge is 2.34. The fourth-order valence-electron chi connectivity index (χ4n) is 10.3. The van der Waals surface area contributed by atoms with Crippen molar-refractivity contribution < 1.29 is 50.4 Å². The van der Waals surface area contributed by atoms with E-state index >= 15 is 0 Å². The molecule has 8 aromatic rings. The van der Waals surface area contributed by atoms with Crippen molar-refractivity contribution in [2.24, 2.45) is 0 Å². The van der Waals surface area contributed by atoms with Gasteiger partial charge in [-0.05, 0) is 193 Å². The molecule has 0 saturated carbocycles. The first-order valence-corrected chi connectivity index (χ1v) is 32.0. The highest BCUT2D eigenvalue weighted by atomic mass is 35.5. The largest absolute Gasteiger partial charge is 0.573 e. The van der Waals surface area contributed by atoms with Crippen molar-refractivity contribution in [2.45, 2.75) is 177 Å². The number of furan rings is 2. The predicted octanol–water partition coefficient (Wildman–Crippen LogP) is 24.4. The smallest absolute Gasteiger partial charge is 0.493 e. The number of aryl methyl sites for hydroxylation is 2. The molecule has 0 unspecified atom stereocenters. The Morgan fingerprint density at radius 3 is 1.49 bits per heavy atom. The van der Waals surface area contributed by atoms with E-state index in [9.17, 15) is 13.2 Å². The molecule has 0 radical (unpaired) electrons. The van der Waals surface area contributed by atoms with Crippen LogP contribution in [0.15, 0.2) is 99.8 Å². The summed E-state index contributed by atoms with van der Waals surface area (Å²) in [5.74, 6) is 7.40. The molecule has 0 amide bonds. The summed E-state index contributed by atoms with van der Waals surface area (Å²) in [6, 6.07) is 27.7. The number of hydrogen-bond acceptors (Lipinski definition) is 8. The predicted molar refractivity (Wildman–Crippen MR) is 358 cm³/mol.